The van der Waals surface area contributed by atoms with E-state index in [1.165, 1.54) is 4.90 Å². The fraction of sp³-hybridized carbons (Fsp3) is 0.471. The molecular formula is C17H22N4O4. The van der Waals surface area contributed by atoms with Crippen molar-refractivity contribution >= 4 is 18.0 Å². The van der Waals surface area contributed by atoms with Crippen LogP contribution in [0.5, 0.6) is 5.75 Å². The monoisotopic (exact) mass is 346 g/mol. The molecule has 8 nitrogen and oxygen atoms in total. The maximum atomic E-state index is 12.2. The third-order valence-corrected chi connectivity index (χ3v) is 4.15. The number of amides is 5. The van der Waals surface area contributed by atoms with Crippen molar-refractivity contribution < 1.29 is 19.1 Å². The van der Waals surface area contributed by atoms with Crippen molar-refractivity contribution in [1.82, 2.24) is 20.9 Å². The quantitative estimate of drug-likeness (QED) is 0.688. The van der Waals surface area contributed by atoms with Gasteiger partial charge in [-0.05, 0) is 23.6 Å². The van der Waals surface area contributed by atoms with Gasteiger partial charge in [-0.3, -0.25) is 10.1 Å². The van der Waals surface area contributed by atoms with Crippen molar-refractivity contribution in [2.75, 3.05) is 19.7 Å². The summed E-state index contributed by atoms with van der Waals surface area (Å²) in [7, 11) is 0. The molecule has 1 spiro atoms. The van der Waals surface area contributed by atoms with Crippen molar-refractivity contribution in [3.05, 3.63) is 29.8 Å². The highest BCUT2D eigenvalue weighted by molar-refractivity contribution is 6.08. The molecule has 25 heavy (non-hydrogen) atoms. The van der Waals surface area contributed by atoms with Crippen LogP contribution in [0, 0.1) is 5.92 Å². The summed E-state index contributed by atoms with van der Waals surface area (Å²) in [4.78, 5) is 36.6. The van der Waals surface area contributed by atoms with E-state index in [1.54, 1.807) is 0 Å². The maximum absolute atomic E-state index is 12.2. The van der Waals surface area contributed by atoms with Gasteiger partial charge in [-0.2, -0.15) is 0 Å². The molecule has 0 radical (unpaired) electrons. The van der Waals surface area contributed by atoms with E-state index < -0.39 is 11.6 Å². The van der Waals surface area contributed by atoms with Gasteiger partial charge in [0.1, 0.15) is 5.75 Å². The third-order valence-electron chi connectivity index (χ3n) is 4.15. The van der Waals surface area contributed by atoms with E-state index in [0.29, 0.717) is 19.1 Å². The Bertz CT molecular complexity index is 698. The van der Waals surface area contributed by atoms with Gasteiger partial charge in [-0.15, -0.1) is 0 Å². The standard InChI is InChI=1S/C17H22N4O4/c1-11(2)8-25-13-5-3-4-12(6-13)7-18-16(24)21-9-17(10-21)14(22)19-15(23)20-17/h3-6,11H,7-10H2,1-2H3,(H,18,24)(H2,19,20,22,23). The summed E-state index contributed by atoms with van der Waals surface area (Å²) in [6, 6.07) is 6.79. The molecule has 2 saturated heterocycles. The molecule has 2 aliphatic heterocycles. The number of imide groups is 1. The Kier molecular flexibility index (Phi) is 4.52. The third kappa shape index (κ3) is 3.67. The molecular weight excluding hydrogens is 324 g/mol. The first-order valence-electron chi connectivity index (χ1n) is 8.26. The topological polar surface area (TPSA) is 99.8 Å². The van der Waals surface area contributed by atoms with Crippen LogP contribution in [0.15, 0.2) is 24.3 Å². The lowest BCUT2D eigenvalue weighted by molar-refractivity contribution is -0.128. The summed E-state index contributed by atoms with van der Waals surface area (Å²) in [5.74, 6) is 0.834. The molecule has 134 valence electrons. The SMILES string of the molecule is CC(C)COc1cccc(CNC(=O)N2CC3(C2)NC(=O)NC3=O)c1. The van der Waals surface area contributed by atoms with E-state index in [4.69, 9.17) is 4.74 Å². The number of carbonyl (C=O) groups excluding carboxylic acids is 3. The Morgan fingerprint density at radius 3 is 2.76 bits per heavy atom. The van der Waals surface area contributed by atoms with Gasteiger partial charge in [-0.1, -0.05) is 26.0 Å². The molecule has 2 fully saturated rings. The molecule has 1 aromatic carbocycles. The Balaban J connectivity index is 1.48. The number of hydrogen-bond donors (Lipinski definition) is 3. The molecule has 0 aliphatic carbocycles. The van der Waals surface area contributed by atoms with Crippen LogP contribution in [-0.4, -0.2) is 48.1 Å². The molecule has 0 bridgehead atoms. The van der Waals surface area contributed by atoms with Crippen LogP contribution in [0.1, 0.15) is 19.4 Å². The van der Waals surface area contributed by atoms with E-state index in [0.717, 1.165) is 11.3 Å². The smallest absolute Gasteiger partial charge is 0.322 e. The van der Waals surface area contributed by atoms with Gasteiger partial charge in [0.25, 0.3) is 5.91 Å². The molecule has 3 N–H and O–H groups in total. The summed E-state index contributed by atoms with van der Waals surface area (Å²) in [6.45, 7) is 5.51. The molecule has 5 amide bonds. The normalized spacial score (nSPS) is 18.0. The number of hydrogen-bond acceptors (Lipinski definition) is 4. The largest absolute Gasteiger partial charge is 0.493 e. The van der Waals surface area contributed by atoms with Crippen molar-refractivity contribution in [3.8, 4) is 5.75 Å². The first kappa shape index (κ1) is 17.1. The van der Waals surface area contributed by atoms with E-state index in [2.05, 4.69) is 29.8 Å². The number of likely N-dealkylation sites (tertiary alicyclic amines) is 1. The van der Waals surface area contributed by atoms with Crippen LogP contribution < -0.4 is 20.7 Å². The molecule has 0 unspecified atom stereocenters. The predicted octanol–water partition coefficient (Wildman–Crippen LogP) is 0.825. The van der Waals surface area contributed by atoms with Gasteiger partial charge in [0.2, 0.25) is 0 Å². The zero-order chi connectivity index (χ0) is 18.0. The number of ether oxygens (including phenoxy) is 1. The van der Waals surface area contributed by atoms with E-state index in [1.807, 2.05) is 24.3 Å². The molecule has 0 atom stereocenters. The molecule has 2 aliphatic rings. The summed E-state index contributed by atoms with van der Waals surface area (Å²) in [5, 5.41) is 7.57. The summed E-state index contributed by atoms with van der Waals surface area (Å²) in [5.41, 5.74) is -0.0317. The van der Waals surface area contributed by atoms with Crippen molar-refractivity contribution in [3.63, 3.8) is 0 Å². The van der Waals surface area contributed by atoms with Crippen molar-refractivity contribution in [2.24, 2.45) is 5.92 Å². The zero-order valence-electron chi connectivity index (χ0n) is 14.3. The lowest BCUT2D eigenvalue weighted by atomic mass is 9.90. The van der Waals surface area contributed by atoms with Crippen molar-refractivity contribution in [2.45, 2.75) is 25.9 Å². The summed E-state index contributed by atoms with van der Waals surface area (Å²) in [6.07, 6.45) is 0. The van der Waals surface area contributed by atoms with Gasteiger partial charge in [0.05, 0.1) is 19.7 Å². The zero-order valence-corrected chi connectivity index (χ0v) is 14.3. The molecule has 1 aromatic rings. The van der Waals surface area contributed by atoms with E-state index >= 15 is 0 Å². The Morgan fingerprint density at radius 1 is 1.36 bits per heavy atom. The van der Waals surface area contributed by atoms with Gasteiger partial charge in [0, 0.05) is 6.54 Å². The predicted molar refractivity (Wildman–Crippen MR) is 90.0 cm³/mol. The van der Waals surface area contributed by atoms with E-state index in [9.17, 15) is 14.4 Å². The minimum atomic E-state index is -0.959. The summed E-state index contributed by atoms with van der Waals surface area (Å²) < 4.78 is 5.67. The van der Waals surface area contributed by atoms with E-state index in [-0.39, 0.29) is 25.0 Å². The first-order valence-corrected chi connectivity index (χ1v) is 8.26. The second-order valence-corrected chi connectivity index (χ2v) is 6.86. The fourth-order valence-corrected chi connectivity index (χ4v) is 2.80. The molecule has 2 heterocycles. The average Bonchev–Trinajstić information content (AvgIpc) is 2.84. The fourth-order valence-electron chi connectivity index (χ4n) is 2.80. The van der Waals surface area contributed by atoms with Crippen molar-refractivity contribution in [1.29, 1.82) is 0 Å². The Labute approximate surface area is 145 Å². The number of nitrogens with zero attached hydrogens (tertiary/aromatic N) is 1. The second kappa shape index (κ2) is 6.62. The van der Waals surface area contributed by atoms with Gasteiger partial charge in [0.15, 0.2) is 5.54 Å². The molecule has 0 aromatic heterocycles. The number of rotatable bonds is 5. The maximum Gasteiger partial charge on any atom is 0.322 e. The number of benzene rings is 1. The van der Waals surface area contributed by atoms with Gasteiger partial charge >= 0.3 is 12.1 Å². The Hall–Kier alpha value is -2.77. The first-order chi connectivity index (χ1) is 11.9. The van der Waals surface area contributed by atoms with Crippen LogP contribution in [0.3, 0.4) is 0 Å². The van der Waals surface area contributed by atoms with Gasteiger partial charge < -0.3 is 20.3 Å². The second-order valence-electron chi connectivity index (χ2n) is 6.86. The van der Waals surface area contributed by atoms with Crippen LogP contribution in [0.2, 0.25) is 0 Å². The lowest BCUT2D eigenvalue weighted by Crippen LogP contribution is -2.72. The van der Waals surface area contributed by atoms with Crippen LogP contribution in [0.25, 0.3) is 0 Å². The highest BCUT2D eigenvalue weighted by atomic mass is 16.5. The number of nitrogens with one attached hydrogen (secondary N) is 3. The van der Waals surface area contributed by atoms with Crippen LogP contribution in [0.4, 0.5) is 9.59 Å². The molecule has 0 saturated carbocycles. The van der Waals surface area contributed by atoms with Crippen LogP contribution >= 0.6 is 0 Å². The highest BCUT2D eigenvalue weighted by Gasteiger charge is 2.56. The van der Waals surface area contributed by atoms with Crippen LogP contribution in [-0.2, 0) is 11.3 Å². The number of urea groups is 2. The average molecular weight is 346 g/mol. The Morgan fingerprint density at radius 2 is 2.12 bits per heavy atom. The molecule has 8 heteroatoms. The minimum absolute atomic E-state index is 0.175. The minimum Gasteiger partial charge on any atom is -0.493 e. The summed E-state index contributed by atoms with van der Waals surface area (Å²) >= 11 is 0. The lowest BCUT2D eigenvalue weighted by Gasteiger charge is -2.44. The molecule has 3 rings (SSSR count). The highest BCUT2D eigenvalue weighted by Crippen LogP contribution is 2.24. The van der Waals surface area contributed by atoms with Gasteiger partial charge in [-0.25, -0.2) is 9.59 Å². The number of carbonyl (C=O) groups is 3.